The molecule has 0 saturated carbocycles. The number of unbranched alkanes of at least 4 members (excludes halogenated alkanes) is 1. The second-order valence-corrected chi connectivity index (χ2v) is 11.5. The molecule has 2 aliphatic rings. The molecule has 0 radical (unpaired) electrons. The number of fused-ring (bicyclic) bond motifs is 1. The van der Waals surface area contributed by atoms with Gasteiger partial charge in [-0.25, -0.2) is 0 Å². The molecule has 39 heavy (non-hydrogen) atoms. The van der Waals surface area contributed by atoms with Gasteiger partial charge < -0.3 is 0 Å². The van der Waals surface area contributed by atoms with E-state index < -0.39 is 0 Å². The van der Waals surface area contributed by atoms with Crippen molar-refractivity contribution in [2.45, 2.75) is 83.7 Å². The van der Waals surface area contributed by atoms with E-state index >= 15 is 0 Å². The number of hydrogen-bond donors (Lipinski definition) is 0. The number of piperidine rings is 1. The first-order valence-corrected chi connectivity index (χ1v) is 14.5. The van der Waals surface area contributed by atoms with Crippen LogP contribution in [0.25, 0.3) is 0 Å². The normalized spacial score (nSPS) is 19.8. The summed E-state index contributed by atoms with van der Waals surface area (Å²) in [6.45, 7) is 10.3. The lowest BCUT2D eigenvalue weighted by molar-refractivity contribution is 0.0623. The first-order valence-electron chi connectivity index (χ1n) is 14.5. The molecule has 5 rings (SSSR count). The Labute approximate surface area is 232 Å². The van der Waals surface area contributed by atoms with E-state index in [2.05, 4.69) is 44.7 Å². The number of aromatic nitrogens is 2. The van der Waals surface area contributed by atoms with Crippen molar-refractivity contribution < 1.29 is 9.59 Å². The van der Waals surface area contributed by atoms with Crippen LogP contribution in [0.4, 0.5) is 0 Å². The number of carbonyl (C=O) groups is 2. The molecule has 204 valence electrons. The maximum atomic E-state index is 12.9. The third kappa shape index (κ3) is 5.40. The van der Waals surface area contributed by atoms with Gasteiger partial charge in [0, 0.05) is 18.9 Å². The predicted octanol–water partition coefficient (Wildman–Crippen LogP) is 7.07. The van der Waals surface area contributed by atoms with Crippen LogP contribution in [0.2, 0.25) is 0 Å². The third-order valence-electron chi connectivity index (χ3n) is 8.30. The number of pyridine rings is 2. The van der Waals surface area contributed by atoms with Gasteiger partial charge in [-0.05, 0) is 85.9 Å². The average molecular weight is 525 g/mol. The van der Waals surface area contributed by atoms with Crippen LogP contribution in [0.15, 0.2) is 60.9 Å². The molecule has 0 unspecified atom stereocenters. The molecule has 4 heterocycles. The van der Waals surface area contributed by atoms with Gasteiger partial charge in [0.25, 0.3) is 11.8 Å². The highest BCUT2D eigenvalue weighted by Gasteiger charge is 2.37. The van der Waals surface area contributed by atoms with Gasteiger partial charge in [0.15, 0.2) is 0 Å². The number of rotatable bonds is 9. The molecule has 2 aliphatic heterocycles. The quantitative estimate of drug-likeness (QED) is 0.221. The molecule has 2 aromatic heterocycles. The zero-order chi connectivity index (χ0) is 27.5. The molecule has 0 aliphatic carbocycles. The number of hydrogen-bond acceptors (Lipinski definition) is 5. The zero-order valence-corrected chi connectivity index (χ0v) is 23.6. The Balaban J connectivity index is 1.38. The molecule has 2 atom stereocenters. The minimum absolute atomic E-state index is 0.172. The van der Waals surface area contributed by atoms with E-state index in [-0.39, 0.29) is 23.9 Å². The van der Waals surface area contributed by atoms with Gasteiger partial charge in [0.1, 0.15) is 0 Å². The van der Waals surface area contributed by atoms with Crippen molar-refractivity contribution >= 4 is 11.8 Å². The lowest BCUT2D eigenvalue weighted by Gasteiger charge is -2.43. The van der Waals surface area contributed by atoms with Crippen molar-refractivity contribution in [3.05, 3.63) is 94.6 Å². The number of imide groups is 1. The summed E-state index contributed by atoms with van der Waals surface area (Å²) in [5.41, 5.74) is 6.02. The monoisotopic (exact) mass is 524 g/mol. The van der Waals surface area contributed by atoms with Crippen molar-refractivity contribution in [1.29, 1.82) is 0 Å². The number of benzene rings is 1. The Morgan fingerprint density at radius 1 is 0.718 bits per heavy atom. The largest absolute Gasteiger partial charge is 0.286 e. The molecule has 1 fully saturated rings. The van der Waals surface area contributed by atoms with Gasteiger partial charge in [-0.15, -0.1) is 0 Å². The van der Waals surface area contributed by atoms with Crippen molar-refractivity contribution in [2.24, 2.45) is 0 Å². The van der Waals surface area contributed by atoms with Gasteiger partial charge in [0.2, 0.25) is 0 Å². The molecule has 0 bridgehead atoms. The molecule has 0 spiro atoms. The Bertz CT molecular complexity index is 1240. The highest BCUT2D eigenvalue weighted by Crippen LogP contribution is 2.44. The van der Waals surface area contributed by atoms with Crippen molar-refractivity contribution in [3.63, 3.8) is 0 Å². The first kappa shape index (κ1) is 27.2. The van der Waals surface area contributed by atoms with Crippen LogP contribution < -0.4 is 0 Å². The summed E-state index contributed by atoms with van der Waals surface area (Å²) in [4.78, 5) is 39.6. The number of nitrogens with zero attached hydrogens (tertiary/aromatic N) is 4. The average Bonchev–Trinajstić information content (AvgIpc) is 3.20. The van der Waals surface area contributed by atoms with E-state index in [1.165, 1.54) is 27.4 Å². The molecule has 0 N–H and O–H groups in total. The minimum atomic E-state index is -0.172. The minimum Gasteiger partial charge on any atom is -0.286 e. The fraction of sp³-hybridized carbons (Fsp3) is 0.455. The van der Waals surface area contributed by atoms with Crippen LogP contribution in [0.1, 0.15) is 127 Å². The SMILES string of the molecule is CC(C)c1cccnc1[C@H]1CCC[C@@H](c2ncccc2C(C)C)N1CCCCN1C(=O)c2ccccc2C1=O. The third-order valence-corrected chi connectivity index (χ3v) is 8.30. The molecule has 6 heteroatoms. The maximum absolute atomic E-state index is 12.9. The van der Waals surface area contributed by atoms with Gasteiger partial charge in [-0.1, -0.05) is 52.0 Å². The molecule has 1 saturated heterocycles. The van der Waals surface area contributed by atoms with E-state index in [9.17, 15) is 9.59 Å². The van der Waals surface area contributed by atoms with Crippen molar-refractivity contribution in [2.75, 3.05) is 13.1 Å². The van der Waals surface area contributed by atoms with Crippen LogP contribution in [0.5, 0.6) is 0 Å². The summed E-state index contributed by atoms with van der Waals surface area (Å²) >= 11 is 0. The number of amides is 2. The summed E-state index contributed by atoms with van der Waals surface area (Å²) in [6, 6.07) is 16.1. The summed E-state index contributed by atoms with van der Waals surface area (Å²) in [6.07, 6.45) is 8.75. The van der Waals surface area contributed by atoms with Crippen LogP contribution >= 0.6 is 0 Å². The molecule has 3 aromatic rings. The maximum Gasteiger partial charge on any atom is 0.261 e. The molecular formula is C33H40N4O2. The van der Waals surface area contributed by atoms with Crippen LogP contribution in [-0.4, -0.2) is 44.7 Å². The van der Waals surface area contributed by atoms with Crippen LogP contribution in [0, 0.1) is 0 Å². The van der Waals surface area contributed by atoms with E-state index in [1.54, 1.807) is 12.1 Å². The van der Waals surface area contributed by atoms with Crippen molar-refractivity contribution in [3.8, 4) is 0 Å². The van der Waals surface area contributed by atoms with Gasteiger partial charge in [-0.2, -0.15) is 0 Å². The standard InChI is InChI=1S/C33H40N4O2/c1-22(2)24-14-10-18-34-30(24)28-16-9-17-29(31-25(23(3)4)15-11-19-35-31)36(28)20-7-8-21-37-32(38)26-12-5-6-13-27(26)33(37)39/h5-6,10-15,18-19,22-23,28-29H,7-9,16-17,20-21H2,1-4H3/t28-,29+. The zero-order valence-electron chi connectivity index (χ0n) is 23.6. The first-order chi connectivity index (χ1) is 18.9. The van der Waals surface area contributed by atoms with Crippen LogP contribution in [0.3, 0.4) is 0 Å². The summed E-state index contributed by atoms with van der Waals surface area (Å²) in [7, 11) is 0. The van der Waals surface area contributed by atoms with E-state index in [1.807, 2.05) is 36.7 Å². The molecule has 6 nitrogen and oxygen atoms in total. The number of likely N-dealkylation sites (tertiary alicyclic amines) is 1. The number of carbonyl (C=O) groups excluding carboxylic acids is 2. The summed E-state index contributed by atoms with van der Waals surface area (Å²) < 4.78 is 0. The highest BCUT2D eigenvalue weighted by molar-refractivity contribution is 6.21. The second-order valence-electron chi connectivity index (χ2n) is 11.5. The van der Waals surface area contributed by atoms with E-state index in [0.717, 1.165) is 38.6 Å². The fourth-order valence-corrected chi connectivity index (χ4v) is 6.35. The Kier molecular flexibility index (Phi) is 8.22. The molecular weight excluding hydrogens is 484 g/mol. The Morgan fingerprint density at radius 3 is 1.69 bits per heavy atom. The lowest BCUT2D eigenvalue weighted by atomic mass is 9.85. The van der Waals surface area contributed by atoms with E-state index in [4.69, 9.17) is 9.97 Å². The Hall–Kier alpha value is -3.38. The summed E-state index contributed by atoms with van der Waals surface area (Å²) in [5.74, 6) is 0.445. The van der Waals surface area contributed by atoms with Crippen molar-refractivity contribution in [1.82, 2.24) is 19.8 Å². The lowest BCUT2D eigenvalue weighted by Crippen LogP contribution is -2.39. The van der Waals surface area contributed by atoms with Gasteiger partial charge >= 0.3 is 0 Å². The fourth-order valence-electron chi connectivity index (χ4n) is 6.35. The topological polar surface area (TPSA) is 66.4 Å². The van der Waals surface area contributed by atoms with Gasteiger partial charge in [-0.3, -0.25) is 29.4 Å². The van der Waals surface area contributed by atoms with Crippen LogP contribution in [-0.2, 0) is 0 Å². The highest BCUT2D eigenvalue weighted by atomic mass is 16.2. The molecule has 2 amide bonds. The van der Waals surface area contributed by atoms with E-state index in [0.29, 0.717) is 29.5 Å². The molecule has 1 aromatic carbocycles. The second kappa shape index (κ2) is 11.8. The predicted molar refractivity (Wildman–Crippen MR) is 154 cm³/mol. The Morgan fingerprint density at radius 2 is 1.21 bits per heavy atom. The summed E-state index contributed by atoms with van der Waals surface area (Å²) in [5, 5.41) is 0. The smallest absolute Gasteiger partial charge is 0.261 e. The van der Waals surface area contributed by atoms with Gasteiger partial charge in [0.05, 0.1) is 34.6 Å².